The Balaban J connectivity index is 2.72. The lowest BCUT2D eigenvalue weighted by atomic mass is 9.99. The molecule has 102 valence electrons. The molecule has 1 unspecified atom stereocenters. The maximum Gasteiger partial charge on any atom is 0.0411 e. The lowest BCUT2D eigenvalue weighted by Crippen LogP contribution is -2.22. The molecule has 0 aliphatic carbocycles. The molecule has 1 nitrogen and oxygen atoms in total. The van der Waals surface area contributed by atoms with E-state index in [-0.39, 0.29) is 0 Å². The number of benzene rings is 1. The molecule has 1 aromatic rings. The Morgan fingerprint density at radius 3 is 2.50 bits per heavy atom. The highest BCUT2D eigenvalue weighted by Crippen LogP contribution is 2.24. The van der Waals surface area contributed by atoms with Gasteiger partial charge in [0.05, 0.1) is 0 Å². The third-order valence-electron chi connectivity index (χ3n) is 3.20. The van der Waals surface area contributed by atoms with Crippen molar-refractivity contribution in [1.29, 1.82) is 0 Å². The molecule has 0 amide bonds. The zero-order valence-corrected chi connectivity index (χ0v) is 12.7. The zero-order chi connectivity index (χ0) is 13.4. The average molecular weight is 268 g/mol. The van der Waals surface area contributed by atoms with Gasteiger partial charge >= 0.3 is 0 Å². The van der Waals surface area contributed by atoms with E-state index < -0.39 is 0 Å². The number of rotatable bonds is 8. The summed E-state index contributed by atoms with van der Waals surface area (Å²) < 4.78 is 0. The van der Waals surface area contributed by atoms with Crippen LogP contribution in [0.3, 0.4) is 0 Å². The molecule has 0 radical (unpaired) electrons. The van der Waals surface area contributed by atoms with Crippen molar-refractivity contribution >= 4 is 11.6 Å². The number of aryl methyl sites for hydroxylation is 1. The summed E-state index contributed by atoms with van der Waals surface area (Å²) in [6, 6.07) is 6.83. The van der Waals surface area contributed by atoms with Gasteiger partial charge in [-0.3, -0.25) is 0 Å². The SMILES string of the molecule is CCCCCC(NCCC)c1cc(C)cc(Cl)c1. The van der Waals surface area contributed by atoms with Gasteiger partial charge in [-0.05, 0) is 49.6 Å². The smallest absolute Gasteiger partial charge is 0.0411 e. The van der Waals surface area contributed by atoms with E-state index in [1.807, 2.05) is 6.07 Å². The van der Waals surface area contributed by atoms with Gasteiger partial charge in [-0.1, -0.05) is 50.8 Å². The maximum absolute atomic E-state index is 6.16. The van der Waals surface area contributed by atoms with Gasteiger partial charge in [0.15, 0.2) is 0 Å². The first-order valence-corrected chi connectivity index (χ1v) is 7.55. The highest BCUT2D eigenvalue weighted by atomic mass is 35.5. The van der Waals surface area contributed by atoms with Crippen LogP contribution < -0.4 is 5.32 Å². The summed E-state index contributed by atoms with van der Waals surface area (Å²) >= 11 is 6.16. The molecule has 1 aromatic carbocycles. The molecule has 0 saturated heterocycles. The topological polar surface area (TPSA) is 12.0 Å². The summed E-state index contributed by atoms with van der Waals surface area (Å²) in [6.45, 7) is 7.64. The van der Waals surface area contributed by atoms with Crippen molar-refractivity contribution in [3.05, 3.63) is 34.3 Å². The summed E-state index contributed by atoms with van der Waals surface area (Å²) in [5.74, 6) is 0. The molecule has 18 heavy (non-hydrogen) atoms. The van der Waals surface area contributed by atoms with Gasteiger partial charge in [-0.25, -0.2) is 0 Å². The summed E-state index contributed by atoms with van der Waals surface area (Å²) in [4.78, 5) is 0. The van der Waals surface area contributed by atoms with Gasteiger partial charge in [-0.2, -0.15) is 0 Å². The highest BCUT2D eigenvalue weighted by molar-refractivity contribution is 6.30. The van der Waals surface area contributed by atoms with Crippen LogP contribution in [0, 0.1) is 6.92 Å². The van der Waals surface area contributed by atoms with E-state index in [0.717, 1.165) is 11.6 Å². The van der Waals surface area contributed by atoms with Crippen molar-refractivity contribution in [2.45, 2.75) is 58.9 Å². The van der Waals surface area contributed by atoms with E-state index in [1.165, 1.54) is 43.2 Å². The fourth-order valence-electron chi connectivity index (χ4n) is 2.27. The molecular weight excluding hydrogens is 242 g/mol. The third-order valence-corrected chi connectivity index (χ3v) is 3.42. The Bertz CT molecular complexity index is 329. The van der Waals surface area contributed by atoms with Crippen LogP contribution in [0.4, 0.5) is 0 Å². The summed E-state index contributed by atoms with van der Waals surface area (Å²) in [5.41, 5.74) is 2.58. The second-order valence-corrected chi connectivity index (χ2v) is 5.50. The van der Waals surface area contributed by atoms with Gasteiger partial charge in [-0.15, -0.1) is 0 Å². The van der Waals surface area contributed by atoms with Crippen LogP contribution in [0.2, 0.25) is 5.02 Å². The third kappa shape index (κ3) is 5.41. The molecule has 0 heterocycles. The first-order chi connectivity index (χ1) is 8.67. The van der Waals surface area contributed by atoms with Crippen molar-refractivity contribution < 1.29 is 0 Å². The monoisotopic (exact) mass is 267 g/mol. The van der Waals surface area contributed by atoms with Gasteiger partial charge in [0.2, 0.25) is 0 Å². The molecule has 2 heteroatoms. The predicted molar refractivity (Wildman–Crippen MR) is 81.4 cm³/mol. The Kier molecular flexibility index (Phi) is 7.38. The normalized spacial score (nSPS) is 12.7. The number of hydrogen-bond acceptors (Lipinski definition) is 1. The van der Waals surface area contributed by atoms with Crippen LogP contribution in [-0.4, -0.2) is 6.54 Å². The average Bonchev–Trinajstić information content (AvgIpc) is 2.32. The number of hydrogen-bond donors (Lipinski definition) is 1. The van der Waals surface area contributed by atoms with Crippen molar-refractivity contribution in [3.63, 3.8) is 0 Å². The van der Waals surface area contributed by atoms with Crippen LogP contribution in [0.15, 0.2) is 18.2 Å². The van der Waals surface area contributed by atoms with Crippen molar-refractivity contribution in [2.75, 3.05) is 6.54 Å². The van der Waals surface area contributed by atoms with E-state index in [4.69, 9.17) is 11.6 Å². The Labute approximate surface area is 117 Å². The quantitative estimate of drug-likeness (QED) is 0.633. The van der Waals surface area contributed by atoms with E-state index >= 15 is 0 Å². The van der Waals surface area contributed by atoms with Gasteiger partial charge < -0.3 is 5.32 Å². The van der Waals surface area contributed by atoms with Gasteiger partial charge in [0.1, 0.15) is 0 Å². The molecule has 0 aliphatic rings. The minimum absolute atomic E-state index is 0.453. The lowest BCUT2D eigenvalue weighted by Gasteiger charge is -2.20. The van der Waals surface area contributed by atoms with Crippen molar-refractivity contribution in [3.8, 4) is 0 Å². The van der Waals surface area contributed by atoms with E-state index in [0.29, 0.717) is 6.04 Å². The standard InChI is InChI=1S/C16H26ClN/c1-4-6-7-8-16(18-9-5-2)14-10-13(3)11-15(17)12-14/h10-12,16,18H,4-9H2,1-3H3. The number of unbranched alkanes of at least 4 members (excludes halogenated alkanes) is 2. The minimum Gasteiger partial charge on any atom is -0.310 e. The molecule has 0 fully saturated rings. The molecule has 0 spiro atoms. The van der Waals surface area contributed by atoms with Crippen LogP contribution in [0.5, 0.6) is 0 Å². The molecule has 0 saturated carbocycles. The largest absolute Gasteiger partial charge is 0.310 e. The van der Waals surface area contributed by atoms with Gasteiger partial charge in [0, 0.05) is 11.1 Å². The number of halogens is 1. The second-order valence-electron chi connectivity index (χ2n) is 5.06. The summed E-state index contributed by atoms with van der Waals surface area (Å²) in [6.07, 6.45) is 6.24. The van der Waals surface area contributed by atoms with Crippen LogP contribution in [-0.2, 0) is 0 Å². The Morgan fingerprint density at radius 1 is 1.11 bits per heavy atom. The minimum atomic E-state index is 0.453. The van der Waals surface area contributed by atoms with Crippen LogP contribution in [0.1, 0.15) is 63.1 Å². The first-order valence-electron chi connectivity index (χ1n) is 7.17. The zero-order valence-electron chi connectivity index (χ0n) is 11.9. The Hall–Kier alpha value is -0.530. The van der Waals surface area contributed by atoms with Gasteiger partial charge in [0.25, 0.3) is 0 Å². The molecule has 1 rings (SSSR count). The second kappa shape index (κ2) is 8.55. The number of nitrogens with one attached hydrogen (secondary N) is 1. The van der Waals surface area contributed by atoms with Crippen LogP contribution in [0.25, 0.3) is 0 Å². The fraction of sp³-hybridized carbons (Fsp3) is 0.625. The fourth-order valence-corrected chi connectivity index (χ4v) is 2.57. The van der Waals surface area contributed by atoms with E-state index in [2.05, 4.69) is 38.2 Å². The van der Waals surface area contributed by atoms with Crippen LogP contribution >= 0.6 is 11.6 Å². The molecule has 1 N–H and O–H groups in total. The summed E-state index contributed by atoms with van der Waals surface area (Å²) in [7, 11) is 0. The maximum atomic E-state index is 6.16. The molecule has 0 aliphatic heterocycles. The molecular formula is C16H26ClN. The van der Waals surface area contributed by atoms with Crippen molar-refractivity contribution in [1.82, 2.24) is 5.32 Å². The Morgan fingerprint density at radius 2 is 1.89 bits per heavy atom. The first kappa shape index (κ1) is 15.5. The molecule has 0 aromatic heterocycles. The van der Waals surface area contributed by atoms with E-state index in [9.17, 15) is 0 Å². The summed E-state index contributed by atoms with van der Waals surface area (Å²) in [5, 5.41) is 4.49. The lowest BCUT2D eigenvalue weighted by molar-refractivity contribution is 0.474. The highest BCUT2D eigenvalue weighted by Gasteiger charge is 2.11. The molecule has 1 atom stereocenters. The predicted octanol–water partition coefficient (Wildman–Crippen LogP) is 5.27. The molecule has 0 bridgehead atoms. The van der Waals surface area contributed by atoms with E-state index in [1.54, 1.807) is 0 Å². The van der Waals surface area contributed by atoms with Crippen molar-refractivity contribution in [2.24, 2.45) is 0 Å².